The minimum absolute atomic E-state index is 0.227. The number of benzene rings is 1. The largest absolute Gasteiger partial charge is 0.380 e. The van der Waals surface area contributed by atoms with E-state index in [0.717, 1.165) is 48.3 Å². The molecule has 29 heavy (non-hydrogen) atoms. The number of fused-ring (bicyclic) bond motifs is 1. The third kappa shape index (κ3) is 3.41. The van der Waals surface area contributed by atoms with Crippen molar-refractivity contribution in [3.63, 3.8) is 0 Å². The lowest BCUT2D eigenvalue weighted by atomic mass is 9.89. The van der Waals surface area contributed by atoms with Crippen LogP contribution in [0.15, 0.2) is 61.1 Å². The molecule has 3 aromatic rings. The normalized spacial score (nSPS) is 21.8. The van der Waals surface area contributed by atoms with Gasteiger partial charge >= 0.3 is 0 Å². The molecule has 0 bridgehead atoms. The summed E-state index contributed by atoms with van der Waals surface area (Å²) in [5.41, 5.74) is 6.83. The Morgan fingerprint density at radius 1 is 1.10 bits per heavy atom. The van der Waals surface area contributed by atoms with Gasteiger partial charge in [-0.3, -0.25) is 9.88 Å². The number of methoxy groups -OCH3 is 1. The van der Waals surface area contributed by atoms with Crippen LogP contribution in [0.1, 0.15) is 18.4 Å². The number of rotatable bonds is 4. The van der Waals surface area contributed by atoms with Crippen LogP contribution in [0.25, 0.3) is 28.0 Å². The number of hydrogen-bond donors (Lipinski definition) is 1. The third-order valence-corrected chi connectivity index (χ3v) is 6.18. The monoisotopic (exact) mass is 389 g/mol. The van der Waals surface area contributed by atoms with E-state index in [0.29, 0.717) is 12.1 Å². The van der Waals surface area contributed by atoms with Crippen LogP contribution < -0.4 is 0 Å². The number of nitrogens with one attached hydrogen (secondary N) is 1. The standard InChI is InChI=1S/C24H24FN3O/c1-29-21-13-20-12-18(8-11-28(20)15-21)22-14-27-24(17-2-4-19(25)5-3-17)23(22)16-6-9-26-10-7-16/h2-10,14,20-21,27H,11-13,15H2,1H3. The lowest BCUT2D eigenvalue weighted by molar-refractivity contribution is 0.109. The van der Waals surface area contributed by atoms with Crippen molar-refractivity contribution < 1.29 is 9.13 Å². The van der Waals surface area contributed by atoms with Crippen molar-refractivity contribution in [3.8, 4) is 22.4 Å². The van der Waals surface area contributed by atoms with Gasteiger partial charge in [-0.2, -0.15) is 0 Å². The van der Waals surface area contributed by atoms with Gasteiger partial charge in [0.1, 0.15) is 5.82 Å². The third-order valence-electron chi connectivity index (χ3n) is 6.18. The summed E-state index contributed by atoms with van der Waals surface area (Å²) in [7, 11) is 1.81. The van der Waals surface area contributed by atoms with Crippen LogP contribution in [-0.4, -0.2) is 47.2 Å². The van der Waals surface area contributed by atoms with E-state index in [2.05, 4.69) is 27.1 Å². The molecular weight excluding hydrogens is 365 g/mol. The lowest BCUT2D eigenvalue weighted by Gasteiger charge is -2.29. The maximum absolute atomic E-state index is 13.5. The summed E-state index contributed by atoms with van der Waals surface area (Å²) < 4.78 is 19.1. The van der Waals surface area contributed by atoms with Crippen LogP contribution in [-0.2, 0) is 4.74 Å². The fourth-order valence-corrected chi connectivity index (χ4v) is 4.67. The van der Waals surface area contributed by atoms with Crippen LogP contribution >= 0.6 is 0 Å². The summed E-state index contributed by atoms with van der Waals surface area (Å²) >= 11 is 0. The molecule has 2 aliphatic heterocycles. The molecule has 1 aromatic carbocycles. The molecule has 0 saturated carbocycles. The van der Waals surface area contributed by atoms with Crippen molar-refractivity contribution in [1.29, 1.82) is 0 Å². The minimum Gasteiger partial charge on any atom is -0.380 e. The summed E-state index contributed by atoms with van der Waals surface area (Å²) in [6, 6.07) is 11.3. The molecular formula is C24H24FN3O. The quantitative estimate of drug-likeness (QED) is 0.700. The summed E-state index contributed by atoms with van der Waals surface area (Å²) in [4.78, 5) is 10.2. The van der Waals surface area contributed by atoms with Crippen LogP contribution in [0.3, 0.4) is 0 Å². The van der Waals surface area contributed by atoms with Gasteiger partial charge in [-0.05, 0) is 65.9 Å². The fourth-order valence-electron chi connectivity index (χ4n) is 4.67. The molecule has 5 heteroatoms. The van der Waals surface area contributed by atoms with E-state index in [-0.39, 0.29) is 5.82 Å². The Bertz CT molecular complexity index is 1030. The van der Waals surface area contributed by atoms with E-state index >= 15 is 0 Å². The van der Waals surface area contributed by atoms with Crippen molar-refractivity contribution in [2.24, 2.45) is 0 Å². The summed E-state index contributed by atoms with van der Waals surface area (Å²) in [5, 5.41) is 0. The SMILES string of the molecule is COC1CC2CC(c3c[nH]c(-c4ccc(F)cc4)c3-c3ccncc3)=CCN2C1. The molecule has 2 aromatic heterocycles. The lowest BCUT2D eigenvalue weighted by Crippen LogP contribution is -2.33. The number of aromatic amines is 1. The highest BCUT2D eigenvalue weighted by Crippen LogP contribution is 2.41. The van der Waals surface area contributed by atoms with Gasteiger partial charge in [0.25, 0.3) is 0 Å². The van der Waals surface area contributed by atoms with Crippen molar-refractivity contribution in [2.45, 2.75) is 25.0 Å². The maximum atomic E-state index is 13.5. The number of hydrogen-bond acceptors (Lipinski definition) is 3. The van der Waals surface area contributed by atoms with E-state index in [1.165, 1.54) is 23.3 Å². The molecule has 0 aliphatic carbocycles. The number of pyridine rings is 1. The zero-order valence-electron chi connectivity index (χ0n) is 16.4. The summed E-state index contributed by atoms with van der Waals surface area (Å²) in [6.45, 7) is 1.96. The molecule has 4 nitrogen and oxygen atoms in total. The van der Waals surface area contributed by atoms with E-state index in [1.807, 2.05) is 36.7 Å². The van der Waals surface area contributed by atoms with Crippen molar-refractivity contribution >= 4 is 5.57 Å². The molecule has 1 fully saturated rings. The molecule has 2 aliphatic rings. The number of ether oxygens (including phenoxy) is 1. The second-order valence-corrected chi connectivity index (χ2v) is 7.83. The highest BCUT2D eigenvalue weighted by atomic mass is 19.1. The fraction of sp³-hybridized carbons (Fsp3) is 0.292. The van der Waals surface area contributed by atoms with Crippen LogP contribution in [0.4, 0.5) is 4.39 Å². The van der Waals surface area contributed by atoms with Gasteiger partial charge in [-0.1, -0.05) is 6.08 Å². The molecule has 4 heterocycles. The van der Waals surface area contributed by atoms with Crippen LogP contribution in [0.5, 0.6) is 0 Å². The average molecular weight is 389 g/mol. The Kier molecular flexibility index (Phi) is 4.78. The molecule has 148 valence electrons. The molecule has 2 atom stereocenters. The van der Waals surface area contributed by atoms with E-state index in [9.17, 15) is 4.39 Å². The zero-order valence-corrected chi connectivity index (χ0v) is 16.4. The topological polar surface area (TPSA) is 41.1 Å². The summed E-state index contributed by atoms with van der Waals surface area (Å²) in [5.74, 6) is -0.227. The molecule has 0 radical (unpaired) electrons. The van der Waals surface area contributed by atoms with Gasteiger partial charge < -0.3 is 9.72 Å². The van der Waals surface area contributed by atoms with Crippen LogP contribution in [0, 0.1) is 5.82 Å². The van der Waals surface area contributed by atoms with E-state index in [4.69, 9.17) is 4.74 Å². The molecule has 0 amide bonds. The molecule has 2 unspecified atom stereocenters. The predicted molar refractivity (Wildman–Crippen MR) is 113 cm³/mol. The first-order chi connectivity index (χ1) is 14.2. The average Bonchev–Trinajstić information content (AvgIpc) is 3.38. The maximum Gasteiger partial charge on any atom is 0.123 e. The van der Waals surface area contributed by atoms with Crippen molar-refractivity contribution in [2.75, 3.05) is 20.2 Å². The number of nitrogens with zero attached hydrogens (tertiary/aromatic N) is 2. The Morgan fingerprint density at radius 3 is 2.66 bits per heavy atom. The number of H-pyrrole nitrogens is 1. The van der Waals surface area contributed by atoms with Crippen LogP contribution in [0.2, 0.25) is 0 Å². The minimum atomic E-state index is -0.227. The molecule has 0 spiro atoms. The first-order valence-corrected chi connectivity index (χ1v) is 10.1. The van der Waals surface area contributed by atoms with Gasteiger partial charge in [-0.25, -0.2) is 4.39 Å². The first-order valence-electron chi connectivity index (χ1n) is 10.1. The smallest absolute Gasteiger partial charge is 0.123 e. The van der Waals surface area contributed by atoms with Gasteiger partial charge in [0.2, 0.25) is 0 Å². The number of halogens is 1. The van der Waals surface area contributed by atoms with Gasteiger partial charge in [-0.15, -0.1) is 0 Å². The number of aromatic nitrogens is 2. The Hall–Kier alpha value is -2.76. The highest BCUT2D eigenvalue weighted by Gasteiger charge is 2.35. The highest BCUT2D eigenvalue weighted by molar-refractivity contribution is 5.91. The second kappa shape index (κ2) is 7.58. The first kappa shape index (κ1) is 18.3. The molecule has 5 rings (SSSR count). The molecule has 1 saturated heterocycles. The van der Waals surface area contributed by atoms with Gasteiger partial charge in [0, 0.05) is 56.0 Å². The van der Waals surface area contributed by atoms with E-state index < -0.39 is 0 Å². The van der Waals surface area contributed by atoms with E-state index in [1.54, 1.807) is 7.11 Å². The summed E-state index contributed by atoms with van der Waals surface area (Å²) in [6.07, 6.45) is 10.5. The Labute approximate surface area is 170 Å². The van der Waals surface area contributed by atoms with Crippen molar-refractivity contribution in [3.05, 3.63) is 72.4 Å². The zero-order chi connectivity index (χ0) is 19.8. The van der Waals surface area contributed by atoms with Gasteiger partial charge in [0.15, 0.2) is 0 Å². The molecule has 1 N–H and O–H groups in total. The van der Waals surface area contributed by atoms with Gasteiger partial charge in [0.05, 0.1) is 11.8 Å². The Morgan fingerprint density at radius 2 is 1.90 bits per heavy atom. The van der Waals surface area contributed by atoms with Crippen molar-refractivity contribution in [1.82, 2.24) is 14.9 Å². The Balaban J connectivity index is 1.56. The predicted octanol–water partition coefficient (Wildman–Crippen LogP) is 4.76. The second-order valence-electron chi connectivity index (χ2n) is 7.83.